The van der Waals surface area contributed by atoms with E-state index in [4.69, 9.17) is 5.11 Å². The number of hydrogen-bond acceptors (Lipinski definition) is 2. The number of hydrogen-bond donors (Lipinski definition) is 2. The van der Waals surface area contributed by atoms with E-state index >= 15 is 0 Å². The lowest BCUT2D eigenvalue weighted by Gasteiger charge is -2.09. The van der Waals surface area contributed by atoms with Crippen molar-refractivity contribution in [3.8, 4) is 0 Å². The van der Waals surface area contributed by atoms with Crippen LogP contribution in [0.5, 0.6) is 0 Å². The number of carbonyl (C=O) groups is 1. The minimum Gasteiger partial charge on any atom is -0.480 e. The van der Waals surface area contributed by atoms with Gasteiger partial charge in [0.05, 0.1) is 0 Å². The maximum absolute atomic E-state index is 10.5. The minimum absolute atomic E-state index is 0.268. The van der Waals surface area contributed by atoms with Crippen LogP contribution in [0.15, 0.2) is 0 Å². The van der Waals surface area contributed by atoms with Crippen LogP contribution < -0.4 is 5.32 Å². The van der Waals surface area contributed by atoms with E-state index in [2.05, 4.69) is 26.1 Å². The van der Waals surface area contributed by atoms with Gasteiger partial charge in [-0.05, 0) is 18.3 Å². The highest BCUT2D eigenvalue weighted by Gasteiger charge is 2.55. The Kier molecular flexibility index (Phi) is 2.17. The Morgan fingerprint density at radius 3 is 2.25 bits per heavy atom. The molecule has 1 fully saturated rings. The Labute approximate surface area is 73.2 Å². The van der Waals surface area contributed by atoms with Crippen LogP contribution in [0.3, 0.4) is 0 Å². The van der Waals surface area contributed by atoms with Gasteiger partial charge in [0.1, 0.15) is 6.04 Å². The number of carboxylic acid groups (broad SMARTS) is 1. The number of nitrogens with one attached hydrogen (secondary N) is 1. The third kappa shape index (κ3) is 1.46. The third-order valence-electron chi connectivity index (χ3n) is 3.17. The minimum atomic E-state index is -0.773. The first-order chi connectivity index (χ1) is 5.37. The zero-order valence-electron chi connectivity index (χ0n) is 8.09. The predicted molar refractivity (Wildman–Crippen MR) is 47.0 cm³/mol. The fraction of sp³-hybridized carbons (Fsp3) is 0.889. The van der Waals surface area contributed by atoms with Gasteiger partial charge in [-0.2, -0.15) is 0 Å². The van der Waals surface area contributed by atoms with Crippen molar-refractivity contribution in [2.75, 3.05) is 0 Å². The molecule has 0 aromatic heterocycles. The van der Waals surface area contributed by atoms with Crippen molar-refractivity contribution in [3.63, 3.8) is 0 Å². The van der Waals surface area contributed by atoms with Gasteiger partial charge in [-0.3, -0.25) is 4.79 Å². The summed E-state index contributed by atoms with van der Waals surface area (Å²) in [5, 5.41) is 11.7. The second kappa shape index (κ2) is 2.73. The summed E-state index contributed by atoms with van der Waals surface area (Å²) >= 11 is 0. The maximum atomic E-state index is 10.5. The summed E-state index contributed by atoms with van der Waals surface area (Å²) in [4.78, 5) is 10.5. The van der Waals surface area contributed by atoms with Gasteiger partial charge in [0.25, 0.3) is 0 Å². The van der Waals surface area contributed by atoms with Gasteiger partial charge in [0.15, 0.2) is 0 Å². The van der Waals surface area contributed by atoms with Crippen LogP contribution in [0.1, 0.15) is 27.7 Å². The number of carboxylic acids is 1. The van der Waals surface area contributed by atoms with E-state index in [1.54, 1.807) is 6.92 Å². The molecular formula is C9H17NO2. The lowest BCUT2D eigenvalue weighted by molar-refractivity contribution is -0.139. The molecule has 1 aliphatic carbocycles. The van der Waals surface area contributed by atoms with Crippen molar-refractivity contribution in [1.82, 2.24) is 5.32 Å². The average Bonchev–Trinajstić information content (AvgIpc) is 2.38. The highest BCUT2D eigenvalue weighted by Crippen LogP contribution is 2.51. The molecule has 3 atom stereocenters. The van der Waals surface area contributed by atoms with E-state index in [1.165, 1.54) is 0 Å². The molecule has 1 aliphatic rings. The summed E-state index contributed by atoms with van der Waals surface area (Å²) in [5.41, 5.74) is 0.268. The van der Waals surface area contributed by atoms with Crippen LogP contribution in [-0.4, -0.2) is 23.2 Å². The van der Waals surface area contributed by atoms with Gasteiger partial charge in [-0.15, -0.1) is 0 Å². The molecule has 0 bridgehead atoms. The fourth-order valence-corrected chi connectivity index (χ4v) is 1.59. The molecule has 1 rings (SSSR count). The molecule has 1 saturated carbocycles. The molecule has 0 spiro atoms. The largest absolute Gasteiger partial charge is 0.480 e. The standard InChI is InChI=1S/C9H17NO2/c1-5-7(9(5,3)4)10-6(2)8(11)12/h5-7,10H,1-4H3,(H,11,12)/t5-,6?,7?/m0/s1. The summed E-state index contributed by atoms with van der Waals surface area (Å²) in [6, 6.07) is -0.0668. The van der Waals surface area contributed by atoms with E-state index in [0.29, 0.717) is 12.0 Å². The molecule has 0 aromatic carbocycles. The summed E-state index contributed by atoms with van der Waals surface area (Å²) < 4.78 is 0. The molecule has 0 saturated heterocycles. The molecule has 12 heavy (non-hydrogen) atoms. The Bertz CT molecular complexity index is 201. The van der Waals surface area contributed by atoms with Crippen LogP contribution >= 0.6 is 0 Å². The first kappa shape index (κ1) is 9.52. The molecule has 2 N–H and O–H groups in total. The molecule has 3 heteroatoms. The second-order valence-corrected chi connectivity index (χ2v) is 4.31. The van der Waals surface area contributed by atoms with Crippen LogP contribution in [0, 0.1) is 11.3 Å². The average molecular weight is 171 g/mol. The first-order valence-corrected chi connectivity index (χ1v) is 4.36. The Morgan fingerprint density at radius 1 is 1.58 bits per heavy atom. The lowest BCUT2D eigenvalue weighted by atomic mass is 10.1. The highest BCUT2D eigenvalue weighted by molar-refractivity contribution is 5.73. The summed E-state index contributed by atoms with van der Waals surface area (Å²) in [7, 11) is 0. The van der Waals surface area contributed by atoms with Crippen molar-refractivity contribution in [2.45, 2.75) is 39.8 Å². The summed E-state index contributed by atoms with van der Waals surface area (Å²) in [5.74, 6) is -0.191. The highest BCUT2D eigenvalue weighted by atomic mass is 16.4. The van der Waals surface area contributed by atoms with Gasteiger partial charge >= 0.3 is 5.97 Å². The zero-order chi connectivity index (χ0) is 9.52. The van der Waals surface area contributed by atoms with E-state index in [1.807, 2.05) is 0 Å². The van der Waals surface area contributed by atoms with Crippen LogP contribution in [-0.2, 0) is 4.79 Å². The monoisotopic (exact) mass is 171 g/mol. The topological polar surface area (TPSA) is 49.3 Å². The number of rotatable bonds is 3. The molecule has 3 nitrogen and oxygen atoms in total. The lowest BCUT2D eigenvalue weighted by Crippen LogP contribution is -2.37. The molecule has 2 unspecified atom stereocenters. The van der Waals surface area contributed by atoms with Crippen LogP contribution in [0.2, 0.25) is 0 Å². The Morgan fingerprint density at radius 2 is 2.00 bits per heavy atom. The van der Waals surface area contributed by atoms with Crippen molar-refractivity contribution >= 4 is 5.97 Å². The maximum Gasteiger partial charge on any atom is 0.320 e. The van der Waals surface area contributed by atoms with Crippen LogP contribution in [0.25, 0.3) is 0 Å². The van der Waals surface area contributed by atoms with Gasteiger partial charge in [0.2, 0.25) is 0 Å². The SMILES string of the molecule is CC(NC1[C@H](C)C1(C)C)C(=O)O. The zero-order valence-corrected chi connectivity index (χ0v) is 8.09. The second-order valence-electron chi connectivity index (χ2n) is 4.31. The van der Waals surface area contributed by atoms with Gasteiger partial charge in [-0.25, -0.2) is 0 Å². The molecule has 0 aliphatic heterocycles. The Balaban J connectivity index is 2.41. The molecule has 0 heterocycles. The molecule has 70 valence electrons. The fourth-order valence-electron chi connectivity index (χ4n) is 1.59. The van der Waals surface area contributed by atoms with E-state index < -0.39 is 12.0 Å². The van der Waals surface area contributed by atoms with Gasteiger partial charge < -0.3 is 10.4 Å². The van der Waals surface area contributed by atoms with E-state index in [-0.39, 0.29) is 5.41 Å². The van der Waals surface area contributed by atoms with E-state index in [9.17, 15) is 4.79 Å². The Hall–Kier alpha value is -0.570. The quantitative estimate of drug-likeness (QED) is 0.668. The van der Waals surface area contributed by atoms with Crippen LogP contribution in [0.4, 0.5) is 0 Å². The third-order valence-corrected chi connectivity index (χ3v) is 3.17. The van der Waals surface area contributed by atoms with Gasteiger partial charge in [-0.1, -0.05) is 20.8 Å². The smallest absolute Gasteiger partial charge is 0.320 e. The van der Waals surface area contributed by atoms with Crippen molar-refractivity contribution in [2.24, 2.45) is 11.3 Å². The van der Waals surface area contributed by atoms with Crippen molar-refractivity contribution < 1.29 is 9.90 Å². The van der Waals surface area contributed by atoms with E-state index in [0.717, 1.165) is 0 Å². The molecule has 0 amide bonds. The van der Waals surface area contributed by atoms with Gasteiger partial charge in [0, 0.05) is 6.04 Å². The molecule has 0 radical (unpaired) electrons. The summed E-state index contributed by atoms with van der Waals surface area (Å²) in [6.07, 6.45) is 0. The normalized spacial score (nSPS) is 34.3. The summed E-state index contributed by atoms with van der Waals surface area (Å²) in [6.45, 7) is 8.14. The van der Waals surface area contributed by atoms with Crippen molar-refractivity contribution in [1.29, 1.82) is 0 Å². The first-order valence-electron chi connectivity index (χ1n) is 4.36. The van der Waals surface area contributed by atoms with Crippen molar-refractivity contribution in [3.05, 3.63) is 0 Å². The molecule has 0 aromatic rings. The number of aliphatic carboxylic acids is 1. The molecular weight excluding hydrogens is 154 g/mol. The predicted octanol–water partition coefficient (Wildman–Crippen LogP) is 1.09.